The lowest BCUT2D eigenvalue weighted by atomic mass is 10.1. The van der Waals surface area contributed by atoms with Gasteiger partial charge in [0, 0.05) is 10.1 Å². The molecule has 2 aromatic rings. The monoisotopic (exact) mass is 471 g/mol. The van der Waals surface area contributed by atoms with Gasteiger partial charge < -0.3 is 24.3 Å². The van der Waals surface area contributed by atoms with Crippen molar-refractivity contribution >= 4 is 28.5 Å². The van der Waals surface area contributed by atoms with E-state index < -0.39 is 0 Å². The summed E-state index contributed by atoms with van der Waals surface area (Å²) in [6, 6.07) is 9.03. The summed E-state index contributed by atoms with van der Waals surface area (Å²) in [5, 5.41) is 2.91. The van der Waals surface area contributed by atoms with Crippen LogP contribution in [0.1, 0.15) is 22.8 Å². The summed E-state index contributed by atoms with van der Waals surface area (Å²) >= 11 is 2.10. The number of carbonyl (C=O) groups excluding carboxylic acids is 1. The third kappa shape index (κ3) is 4.72. The molecule has 0 aliphatic rings. The fourth-order valence-electron chi connectivity index (χ4n) is 2.40. The molecule has 0 bridgehead atoms. The lowest BCUT2D eigenvalue weighted by Crippen LogP contribution is -2.23. The minimum atomic E-state index is -0.191. The zero-order valence-electron chi connectivity index (χ0n) is 15.2. The van der Waals surface area contributed by atoms with Crippen molar-refractivity contribution < 1.29 is 23.7 Å². The Bertz CT molecular complexity index is 779. The molecule has 7 heteroatoms. The minimum absolute atomic E-state index is 0.191. The second-order valence-corrected chi connectivity index (χ2v) is 6.45. The van der Waals surface area contributed by atoms with Crippen LogP contribution < -0.4 is 24.3 Å². The summed E-state index contributed by atoms with van der Waals surface area (Å²) in [7, 11) is 4.69. The molecule has 0 unspecified atom stereocenters. The van der Waals surface area contributed by atoms with Gasteiger partial charge in [0.15, 0.2) is 23.0 Å². The Balaban J connectivity index is 2.14. The standard InChI is InChI=1S/C19H22INO5/c1-5-26-15-7-6-12(8-16(15)23-2)11-21-19(22)13-9-17(24-3)18(25-4)10-14(13)20/h6-10H,5,11H2,1-4H3,(H,21,22). The van der Waals surface area contributed by atoms with Gasteiger partial charge in [-0.1, -0.05) is 6.07 Å². The van der Waals surface area contributed by atoms with E-state index in [-0.39, 0.29) is 5.91 Å². The maximum Gasteiger partial charge on any atom is 0.252 e. The van der Waals surface area contributed by atoms with Crippen LogP contribution in [0.5, 0.6) is 23.0 Å². The minimum Gasteiger partial charge on any atom is -0.493 e. The maximum atomic E-state index is 12.6. The van der Waals surface area contributed by atoms with Crippen LogP contribution in [-0.4, -0.2) is 33.8 Å². The van der Waals surface area contributed by atoms with Crippen LogP contribution in [0.3, 0.4) is 0 Å². The molecule has 0 atom stereocenters. The van der Waals surface area contributed by atoms with Gasteiger partial charge in [-0.15, -0.1) is 0 Å². The Hall–Kier alpha value is -2.16. The topological polar surface area (TPSA) is 66.0 Å². The Morgan fingerprint density at radius 1 is 0.962 bits per heavy atom. The predicted molar refractivity (Wildman–Crippen MR) is 108 cm³/mol. The fraction of sp³-hybridized carbons (Fsp3) is 0.316. The average molecular weight is 471 g/mol. The second-order valence-electron chi connectivity index (χ2n) is 5.29. The Morgan fingerprint density at radius 3 is 2.19 bits per heavy atom. The molecule has 0 aromatic heterocycles. The lowest BCUT2D eigenvalue weighted by Gasteiger charge is -2.13. The maximum absolute atomic E-state index is 12.6. The van der Waals surface area contributed by atoms with Gasteiger partial charge in [0.05, 0.1) is 33.5 Å². The summed E-state index contributed by atoms with van der Waals surface area (Å²) in [6.07, 6.45) is 0. The summed E-state index contributed by atoms with van der Waals surface area (Å²) in [5.41, 5.74) is 1.44. The lowest BCUT2D eigenvalue weighted by molar-refractivity contribution is 0.0949. The molecule has 2 rings (SSSR count). The van der Waals surface area contributed by atoms with Gasteiger partial charge in [-0.25, -0.2) is 0 Å². The molecule has 0 fully saturated rings. The predicted octanol–water partition coefficient (Wildman–Crippen LogP) is 3.65. The first-order valence-electron chi connectivity index (χ1n) is 8.03. The van der Waals surface area contributed by atoms with Crippen LogP contribution in [0.25, 0.3) is 0 Å². The van der Waals surface area contributed by atoms with Crippen molar-refractivity contribution in [1.82, 2.24) is 5.32 Å². The highest BCUT2D eigenvalue weighted by Gasteiger charge is 2.15. The number of hydrogen-bond acceptors (Lipinski definition) is 5. The third-order valence-corrected chi connectivity index (χ3v) is 4.59. The first kappa shape index (κ1) is 20.2. The van der Waals surface area contributed by atoms with Crippen molar-refractivity contribution in [3.05, 3.63) is 45.0 Å². The number of hydrogen-bond donors (Lipinski definition) is 1. The molecular weight excluding hydrogens is 449 g/mol. The zero-order chi connectivity index (χ0) is 19.1. The van der Waals surface area contributed by atoms with Crippen LogP contribution >= 0.6 is 22.6 Å². The Morgan fingerprint density at radius 2 is 1.58 bits per heavy atom. The first-order chi connectivity index (χ1) is 12.5. The highest BCUT2D eigenvalue weighted by Crippen LogP contribution is 2.31. The smallest absolute Gasteiger partial charge is 0.252 e. The number of rotatable bonds is 8. The van der Waals surface area contributed by atoms with Gasteiger partial charge in [0.1, 0.15) is 0 Å². The van der Waals surface area contributed by atoms with E-state index in [1.807, 2.05) is 25.1 Å². The molecule has 0 aliphatic carbocycles. The van der Waals surface area contributed by atoms with E-state index in [0.717, 1.165) is 9.13 Å². The van der Waals surface area contributed by atoms with Crippen LogP contribution in [-0.2, 0) is 6.54 Å². The van der Waals surface area contributed by atoms with Crippen LogP contribution in [0.2, 0.25) is 0 Å². The molecule has 0 heterocycles. The number of methoxy groups -OCH3 is 3. The van der Waals surface area contributed by atoms with Gasteiger partial charge >= 0.3 is 0 Å². The van der Waals surface area contributed by atoms with E-state index in [4.69, 9.17) is 18.9 Å². The zero-order valence-corrected chi connectivity index (χ0v) is 17.4. The second kappa shape index (κ2) is 9.51. The first-order valence-corrected chi connectivity index (χ1v) is 9.11. The molecule has 0 spiro atoms. The van der Waals surface area contributed by atoms with Crippen LogP contribution in [0.4, 0.5) is 0 Å². The number of amides is 1. The van der Waals surface area contributed by atoms with Crippen molar-refractivity contribution in [2.24, 2.45) is 0 Å². The number of benzene rings is 2. The third-order valence-electron chi connectivity index (χ3n) is 3.70. The van der Waals surface area contributed by atoms with Gasteiger partial charge in [-0.3, -0.25) is 4.79 Å². The van der Waals surface area contributed by atoms with E-state index >= 15 is 0 Å². The van der Waals surface area contributed by atoms with Crippen molar-refractivity contribution in [3.63, 3.8) is 0 Å². The number of nitrogens with one attached hydrogen (secondary N) is 1. The Kier molecular flexibility index (Phi) is 7.38. The SMILES string of the molecule is CCOc1ccc(CNC(=O)c2cc(OC)c(OC)cc2I)cc1OC. The molecular formula is C19H22INO5. The van der Waals surface area contributed by atoms with E-state index in [2.05, 4.69) is 27.9 Å². The Labute approximate surface area is 166 Å². The van der Waals surface area contributed by atoms with Crippen molar-refractivity contribution in [3.8, 4) is 23.0 Å². The number of carbonyl (C=O) groups is 1. The molecule has 140 valence electrons. The van der Waals surface area contributed by atoms with Gasteiger partial charge in [-0.05, 0) is 59.3 Å². The average Bonchev–Trinajstić information content (AvgIpc) is 2.66. The molecule has 0 aliphatic heterocycles. The van der Waals surface area contributed by atoms with E-state index in [1.165, 1.54) is 0 Å². The van der Waals surface area contributed by atoms with E-state index in [1.54, 1.807) is 33.5 Å². The highest BCUT2D eigenvalue weighted by molar-refractivity contribution is 14.1. The van der Waals surface area contributed by atoms with Crippen LogP contribution in [0.15, 0.2) is 30.3 Å². The molecule has 2 aromatic carbocycles. The highest BCUT2D eigenvalue weighted by atomic mass is 127. The van der Waals surface area contributed by atoms with Gasteiger partial charge in [-0.2, -0.15) is 0 Å². The van der Waals surface area contributed by atoms with Crippen LogP contribution in [0, 0.1) is 3.57 Å². The largest absolute Gasteiger partial charge is 0.493 e. The van der Waals surface area contributed by atoms with Crippen molar-refractivity contribution in [2.75, 3.05) is 27.9 Å². The summed E-state index contributed by atoms with van der Waals surface area (Å²) in [4.78, 5) is 12.6. The number of ether oxygens (including phenoxy) is 4. The summed E-state index contributed by atoms with van der Waals surface area (Å²) < 4.78 is 22.1. The normalized spacial score (nSPS) is 10.2. The quantitative estimate of drug-likeness (QED) is 0.596. The summed E-state index contributed by atoms with van der Waals surface area (Å²) in [6.45, 7) is 2.84. The summed E-state index contributed by atoms with van der Waals surface area (Å²) in [5.74, 6) is 2.23. The van der Waals surface area contributed by atoms with Gasteiger partial charge in [0.2, 0.25) is 0 Å². The molecule has 0 radical (unpaired) electrons. The number of halogens is 1. The van der Waals surface area contributed by atoms with Gasteiger partial charge in [0.25, 0.3) is 5.91 Å². The molecule has 6 nitrogen and oxygen atoms in total. The van der Waals surface area contributed by atoms with E-state index in [0.29, 0.717) is 41.7 Å². The molecule has 0 saturated heterocycles. The fourth-order valence-corrected chi connectivity index (χ4v) is 3.09. The van der Waals surface area contributed by atoms with Crippen molar-refractivity contribution in [1.29, 1.82) is 0 Å². The molecule has 26 heavy (non-hydrogen) atoms. The molecule has 0 saturated carbocycles. The van der Waals surface area contributed by atoms with E-state index in [9.17, 15) is 4.79 Å². The molecule has 1 N–H and O–H groups in total. The van der Waals surface area contributed by atoms with Crippen molar-refractivity contribution in [2.45, 2.75) is 13.5 Å². The molecule has 1 amide bonds.